The van der Waals surface area contributed by atoms with Crippen LogP contribution in [0.5, 0.6) is 0 Å². The molecule has 0 aliphatic heterocycles. The first kappa shape index (κ1) is 17.0. The molecular weight excluding hydrogens is 258 g/mol. The summed E-state index contributed by atoms with van der Waals surface area (Å²) in [5.74, 6) is 0.300. The van der Waals surface area contributed by atoms with Crippen LogP contribution in [0.25, 0.3) is 0 Å². The van der Waals surface area contributed by atoms with Crippen molar-refractivity contribution >= 4 is 16.4 Å². The Bertz CT molecular complexity index is 397. The molecule has 7 nitrogen and oxygen atoms in total. The molecule has 108 valence electrons. The van der Waals surface area contributed by atoms with Crippen molar-refractivity contribution in [3.8, 4) is 0 Å². The second-order valence-electron chi connectivity index (χ2n) is 6.08. The summed E-state index contributed by atoms with van der Waals surface area (Å²) in [6.45, 7) is 11.4. The first-order valence-electron chi connectivity index (χ1n) is 5.52. The second-order valence-corrected chi connectivity index (χ2v) is 7.04. The van der Waals surface area contributed by atoms with Gasteiger partial charge in [0.05, 0.1) is 18.1 Å². The molecule has 0 radical (unpaired) electrons. The van der Waals surface area contributed by atoms with Crippen LogP contribution in [0.15, 0.2) is 0 Å². The minimum absolute atomic E-state index is 0.300. The number of rotatable bonds is 2. The van der Waals surface area contributed by atoms with Crippen LogP contribution >= 0.6 is 0 Å². The Morgan fingerprint density at radius 3 is 1.61 bits per heavy atom. The highest BCUT2D eigenvalue weighted by Crippen LogP contribution is 2.02. The van der Waals surface area contributed by atoms with Gasteiger partial charge in [-0.1, -0.05) is 4.74 Å². The summed E-state index contributed by atoms with van der Waals surface area (Å²) < 4.78 is 36.9. The second kappa shape index (κ2) is 5.31. The molecule has 18 heavy (non-hydrogen) atoms. The zero-order chi connectivity index (χ0) is 14.8. The van der Waals surface area contributed by atoms with E-state index in [2.05, 4.69) is 14.9 Å². The fraction of sp³-hybridized carbons (Fsp3) is 0.900. The van der Waals surface area contributed by atoms with E-state index in [1.807, 2.05) is 41.5 Å². The molecule has 0 aromatic carbocycles. The molecule has 0 bridgehead atoms. The van der Waals surface area contributed by atoms with Crippen LogP contribution in [0, 0.1) is 0 Å². The normalized spacial score (nSPS) is 12.9. The maximum atomic E-state index is 10.6. The summed E-state index contributed by atoms with van der Waals surface area (Å²) in [6, 6.07) is 0. The molecule has 0 rings (SSSR count). The molecular formula is C10H23N3O4S. The lowest BCUT2D eigenvalue weighted by Gasteiger charge is -2.24. The summed E-state index contributed by atoms with van der Waals surface area (Å²) in [5, 5.41) is 6.08. The van der Waals surface area contributed by atoms with Gasteiger partial charge in [0.2, 0.25) is 0 Å². The molecule has 0 aliphatic carbocycles. The lowest BCUT2D eigenvalue weighted by atomic mass is 10.1. The van der Waals surface area contributed by atoms with Crippen molar-refractivity contribution in [1.82, 2.24) is 10.6 Å². The summed E-state index contributed by atoms with van der Waals surface area (Å²) >= 11 is 0. The fourth-order valence-corrected chi connectivity index (χ4v) is 1.42. The van der Waals surface area contributed by atoms with E-state index in [4.69, 9.17) is 0 Å². The Morgan fingerprint density at radius 2 is 1.39 bits per heavy atom. The van der Waals surface area contributed by atoms with Gasteiger partial charge >= 0.3 is 5.96 Å². The van der Waals surface area contributed by atoms with Gasteiger partial charge in [-0.3, -0.25) is 10.6 Å². The zero-order valence-corrected chi connectivity index (χ0v) is 12.8. The largest absolute Gasteiger partial charge is 0.713 e. The lowest BCUT2D eigenvalue weighted by Crippen LogP contribution is -2.56. The minimum Gasteiger partial charge on any atom is -0.713 e. The highest BCUT2D eigenvalue weighted by molar-refractivity contribution is 7.80. The molecule has 0 atom stereocenters. The van der Waals surface area contributed by atoms with Crippen molar-refractivity contribution in [2.24, 2.45) is 0 Å². The Hall–Kier alpha value is -1.02. The fourth-order valence-electron chi connectivity index (χ4n) is 1.07. The first-order chi connectivity index (χ1) is 7.70. The molecule has 2 N–H and O–H groups in total. The number of hydrogen-bond donors (Lipinski definition) is 2. The van der Waals surface area contributed by atoms with E-state index < -0.39 is 10.4 Å². The number of nitrogens with one attached hydrogen (secondary N) is 2. The average molecular weight is 281 g/mol. The van der Waals surface area contributed by atoms with Gasteiger partial charge in [0.15, 0.2) is 0 Å². The van der Waals surface area contributed by atoms with Crippen molar-refractivity contribution in [1.29, 1.82) is 0 Å². The minimum atomic E-state index is -4.80. The van der Waals surface area contributed by atoms with E-state index >= 15 is 0 Å². The van der Waals surface area contributed by atoms with Gasteiger partial charge in [-0.15, -0.1) is 0 Å². The van der Waals surface area contributed by atoms with Crippen molar-refractivity contribution in [2.75, 3.05) is 7.05 Å². The lowest BCUT2D eigenvalue weighted by molar-refractivity contribution is -0.728. The number of hydroxylamine groups is 1. The number of guanidine groups is 1. The van der Waals surface area contributed by atoms with E-state index in [1.165, 1.54) is 7.05 Å². The van der Waals surface area contributed by atoms with Crippen LogP contribution in [0.3, 0.4) is 0 Å². The van der Waals surface area contributed by atoms with Gasteiger partial charge in [0.1, 0.15) is 0 Å². The summed E-state index contributed by atoms with van der Waals surface area (Å²) in [5.41, 5.74) is -0.643. The molecule has 0 aromatic rings. The third kappa shape index (κ3) is 9.06. The molecule has 8 heteroatoms. The van der Waals surface area contributed by atoms with Crippen molar-refractivity contribution < 1.29 is 22.0 Å². The summed E-state index contributed by atoms with van der Waals surface area (Å²) in [4.78, 5) is 0. The molecule has 0 heterocycles. The van der Waals surface area contributed by atoms with Gasteiger partial charge in [0, 0.05) is 0 Å². The van der Waals surface area contributed by atoms with Crippen molar-refractivity contribution in [3.05, 3.63) is 0 Å². The molecule has 0 aromatic heterocycles. The maximum Gasteiger partial charge on any atom is 0.384 e. The molecule has 0 fully saturated rings. The zero-order valence-electron chi connectivity index (χ0n) is 12.0. The molecule has 0 saturated carbocycles. The summed E-state index contributed by atoms with van der Waals surface area (Å²) in [7, 11) is -3.47. The third-order valence-corrected chi connectivity index (χ3v) is 1.91. The highest BCUT2D eigenvalue weighted by atomic mass is 32.3. The van der Waals surface area contributed by atoms with Gasteiger partial charge in [-0.2, -0.15) is 8.42 Å². The molecule has 0 spiro atoms. The van der Waals surface area contributed by atoms with Crippen LogP contribution in [0.2, 0.25) is 0 Å². The van der Waals surface area contributed by atoms with Gasteiger partial charge < -0.3 is 4.55 Å². The van der Waals surface area contributed by atoms with Crippen LogP contribution in [-0.2, 0) is 14.7 Å². The van der Waals surface area contributed by atoms with E-state index in [1.54, 1.807) is 0 Å². The van der Waals surface area contributed by atoms with E-state index in [9.17, 15) is 13.0 Å². The number of nitrogens with zero attached hydrogens (tertiary/aromatic N) is 1. The average Bonchev–Trinajstić information content (AvgIpc) is 1.93. The molecule has 0 saturated heterocycles. The van der Waals surface area contributed by atoms with E-state index in [0.717, 1.165) is 4.74 Å². The quantitative estimate of drug-likeness (QED) is 0.187. The summed E-state index contributed by atoms with van der Waals surface area (Å²) in [6.07, 6.45) is 0. The SMILES string of the molecule is C[N+](OS(=O)(=O)[O-])=C(NC(C)(C)C)NC(C)(C)C. The molecule has 0 amide bonds. The highest BCUT2D eigenvalue weighted by Gasteiger charge is 2.26. The van der Waals surface area contributed by atoms with Gasteiger partial charge in [-0.25, -0.2) is 4.28 Å². The van der Waals surface area contributed by atoms with E-state index in [0.29, 0.717) is 5.96 Å². The molecule has 0 aliphatic rings. The molecule has 0 unspecified atom stereocenters. The van der Waals surface area contributed by atoms with Crippen LogP contribution in [-0.4, -0.2) is 41.8 Å². The maximum absolute atomic E-state index is 10.6. The van der Waals surface area contributed by atoms with Crippen LogP contribution < -0.4 is 10.6 Å². The van der Waals surface area contributed by atoms with Gasteiger partial charge in [-0.05, 0) is 41.5 Å². The van der Waals surface area contributed by atoms with Gasteiger partial charge in [0.25, 0.3) is 10.4 Å². The Morgan fingerprint density at radius 1 is 1.06 bits per heavy atom. The number of hydrogen-bond acceptors (Lipinski definition) is 4. The Labute approximate surface area is 109 Å². The Balaban J connectivity index is 5.25. The van der Waals surface area contributed by atoms with Crippen molar-refractivity contribution in [2.45, 2.75) is 52.6 Å². The van der Waals surface area contributed by atoms with Crippen LogP contribution in [0.4, 0.5) is 0 Å². The van der Waals surface area contributed by atoms with Crippen molar-refractivity contribution in [3.63, 3.8) is 0 Å². The van der Waals surface area contributed by atoms with Crippen LogP contribution in [0.1, 0.15) is 41.5 Å². The standard InChI is InChI=1S/C10H23N3O4S/c1-9(2,3)11-8(12-10(4,5)6)13(7)17-18(14,15)16/h1-7H3,(H2,11,12,14,15,16). The predicted molar refractivity (Wildman–Crippen MR) is 67.8 cm³/mol. The smallest absolute Gasteiger partial charge is 0.384 e. The monoisotopic (exact) mass is 281 g/mol. The topological polar surface area (TPSA) is 93.5 Å². The third-order valence-electron chi connectivity index (χ3n) is 1.50. The first-order valence-corrected chi connectivity index (χ1v) is 6.85. The Kier molecular flexibility index (Phi) is 5.01. The van der Waals surface area contributed by atoms with E-state index in [-0.39, 0.29) is 11.1 Å². The predicted octanol–water partition coefficient (Wildman–Crippen LogP) is 0.153.